The lowest BCUT2D eigenvalue weighted by Crippen LogP contribution is -2.42. The topological polar surface area (TPSA) is 59.0 Å². The van der Waals surface area contributed by atoms with E-state index in [0.29, 0.717) is 6.54 Å². The molecule has 0 aliphatic rings. The number of carbonyl (C=O) groups excluding carboxylic acids is 1. The molecular formula is C12H22N4O. The molecule has 1 aromatic heterocycles. The van der Waals surface area contributed by atoms with Gasteiger partial charge in [0.1, 0.15) is 0 Å². The van der Waals surface area contributed by atoms with Gasteiger partial charge in [-0.1, -0.05) is 6.92 Å². The molecule has 0 spiro atoms. The maximum atomic E-state index is 11.6. The second-order valence-corrected chi connectivity index (χ2v) is 4.29. The van der Waals surface area contributed by atoms with E-state index in [0.717, 1.165) is 24.4 Å². The summed E-state index contributed by atoms with van der Waals surface area (Å²) in [5, 5.41) is 10.3. The van der Waals surface area contributed by atoms with E-state index in [-0.39, 0.29) is 11.9 Å². The molecular weight excluding hydrogens is 216 g/mol. The minimum absolute atomic E-state index is 0.0470. The van der Waals surface area contributed by atoms with Gasteiger partial charge in [-0.2, -0.15) is 5.10 Å². The summed E-state index contributed by atoms with van der Waals surface area (Å²) in [5.41, 5.74) is 2.07. The van der Waals surface area contributed by atoms with E-state index in [2.05, 4.69) is 15.7 Å². The third-order valence-electron chi connectivity index (χ3n) is 2.63. The van der Waals surface area contributed by atoms with Crippen molar-refractivity contribution in [1.29, 1.82) is 0 Å². The summed E-state index contributed by atoms with van der Waals surface area (Å²) < 4.78 is 1.83. The van der Waals surface area contributed by atoms with Crippen LogP contribution in [-0.4, -0.2) is 28.3 Å². The molecule has 0 radical (unpaired) electrons. The van der Waals surface area contributed by atoms with Crippen molar-refractivity contribution < 1.29 is 4.79 Å². The highest BCUT2D eigenvalue weighted by molar-refractivity contribution is 5.81. The first-order valence-electron chi connectivity index (χ1n) is 6.05. The molecule has 0 aromatic carbocycles. The van der Waals surface area contributed by atoms with Gasteiger partial charge < -0.3 is 10.6 Å². The highest BCUT2D eigenvalue weighted by Crippen LogP contribution is 2.01. The van der Waals surface area contributed by atoms with E-state index in [1.54, 1.807) is 0 Å². The molecule has 17 heavy (non-hydrogen) atoms. The van der Waals surface area contributed by atoms with E-state index in [9.17, 15) is 4.79 Å². The molecule has 1 heterocycles. The Balaban J connectivity index is 2.40. The van der Waals surface area contributed by atoms with Gasteiger partial charge in [0.2, 0.25) is 5.91 Å². The molecule has 5 nitrogen and oxygen atoms in total. The standard InChI is InChI=1S/C12H22N4O/c1-5-6-13-12(17)10(3)14-8-11-7-9(2)15-16(11)4/h7,10,14H,5-6,8H2,1-4H3,(H,13,17). The van der Waals surface area contributed by atoms with Crippen molar-refractivity contribution in [2.75, 3.05) is 6.54 Å². The molecule has 1 atom stereocenters. The first kappa shape index (κ1) is 13.7. The molecule has 0 aliphatic heterocycles. The average molecular weight is 238 g/mol. The van der Waals surface area contributed by atoms with Crippen LogP contribution in [0.4, 0.5) is 0 Å². The average Bonchev–Trinajstić information content (AvgIpc) is 2.61. The van der Waals surface area contributed by atoms with Crippen LogP contribution in [0.2, 0.25) is 0 Å². The van der Waals surface area contributed by atoms with Crippen LogP contribution in [0.3, 0.4) is 0 Å². The fourth-order valence-electron chi connectivity index (χ4n) is 1.58. The van der Waals surface area contributed by atoms with E-state index < -0.39 is 0 Å². The Hall–Kier alpha value is -1.36. The summed E-state index contributed by atoms with van der Waals surface area (Å²) in [6.07, 6.45) is 0.958. The third kappa shape index (κ3) is 4.19. The summed E-state index contributed by atoms with van der Waals surface area (Å²) in [6, 6.07) is 1.83. The number of hydrogen-bond acceptors (Lipinski definition) is 3. The van der Waals surface area contributed by atoms with Crippen molar-refractivity contribution in [3.05, 3.63) is 17.5 Å². The maximum absolute atomic E-state index is 11.6. The summed E-state index contributed by atoms with van der Waals surface area (Å²) in [5.74, 6) is 0.0470. The summed E-state index contributed by atoms with van der Waals surface area (Å²) in [7, 11) is 1.91. The monoisotopic (exact) mass is 238 g/mol. The zero-order chi connectivity index (χ0) is 12.8. The molecule has 96 valence electrons. The first-order chi connectivity index (χ1) is 8.04. The van der Waals surface area contributed by atoms with Crippen molar-refractivity contribution in [3.63, 3.8) is 0 Å². The van der Waals surface area contributed by atoms with Crippen LogP contribution in [0, 0.1) is 6.92 Å². The number of hydrogen-bond donors (Lipinski definition) is 2. The molecule has 1 unspecified atom stereocenters. The van der Waals surface area contributed by atoms with Gasteiger partial charge in [-0.05, 0) is 26.3 Å². The molecule has 0 bridgehead atoms. The van der Waals surface area contributed by atoms with Crippen LogP contribution in [0.25, 0.3) is 0 Å². The second kappa shape index (κ2) is 6.39. The number of amides is 1. The van der Waals surface area contributed by atoms with Crippen LogP contribution in [0.1, 0.15) is 31.7 Å². The molecule has 5 heteroatoms. The minimum atomic E-state index is -0.184. The number of rotatable bonds is 6. The zero-order valence-electron chi connectivity index (χ0n) is 11.1. The molecule has 2 N–H and O–H groups in total. The largest absolute Gasteiger partial charge is 0.355 e. The molecule has 1 rings (SSSR count). The van der Waals surface area contributed by atoms with Crippen LogP contribution in [-0.2, 0) is 18.4 Å². The Labute approximate surface area is 103 Å². The molecule has 0 saturated carbocycles. The summed E-state index contributed by atoms with van der Waals surface area (Å²) in [4.78, 5) is 11.6. The molecule has 1 amide bonds. The van der Waals surface area contributed by atoms with Gasteiger partial charge in [0.05, 0.1) is 17.4 Å². The van der Waals surface area contributed by atoms with Gasteiger partial charge in [-0.3, -0.25) is 9.48 Å². The molecule has 0 aliphatic carbocycles. The smallest absolute Gasteiger partial charge is 0.236 e. The maximum Gasteiger partial charge on any atom is 0.236 e. The fourth-order valence-corrected chi connectivity index (χ4v) is 1.58. The van der Waals surface area contributed by atoms with E-state index in [1.165, 1.54) is 0 Å². The highest BCUT2D eigenvalue weighted by Gasteiger charge is 2.12. The van der Waals surface area contributed by atoms with E-state index >= 15 is 0 Å². The summed E-state index contributed by atoms with van der Waals surface area (Å²) in [6.45, 7) is 7.25. The number of nitrogens with zero attached hydrogens (tertiary/aromatic N) is 2. The lowest BCUT2D eigenvalue weighted by Gasteiger charge is -2.13. The van der Waals surface area contributed by atoms with Crippen LogP contribution < -0.4 is 10.6 Å². The van der Waals surface area contributed by atoms with Gasteiger partial charge in [0, 0.05) is 20.1 Å². The normalized spacial score (nSPS) is 12.5. The van der Waals surface area contributed by atoms with Gasteiger partial charge in [0.25, 0.3) is 0 Å². The first-order valence-corrected chi connectivity index (χ1v) is 6.05. The molecule has 1 aromatic rings. The molecule has 0 saturated heterocycles. The second-order valence-electron chi connectivity index (χ2n) is 4.29. The predicted molar refractivity (Wildman–Crippen MR) is 67.5 cm³/mol. The number of aromatic nitrogens is 2. The minimum Gasteiger partial charge on any atom is -0.355 e. The summed E-state index contributed by atoms with van der Waals surface area (Å²) >= 11 is 0. The van der Waals surface area contributed by atoms with Crippen LogP contribution in [0.5, 0.6) is 0 Å². The lowest BCUT2D eigenvalue weighted by molar-refractivity contribution is -0.122. The van der Waals surface area contributed by atoms with Crippen LogP contribution >= 0.6 is 0 Å². The Morgan fingerprint density at radius 1 is 1.59 bits per heavy atom. The third-order valence-corrected chi connectivity index (χ3v) is 2.63. The van der Waals surface area contributed by atoms with Crippen molar-refractivity contribution in [2.45, 2.75) is 39.8 Å². The predicted octanol–water partition coefficient (Wildman–Crippen LogP) is 0.733. The Kier molecular flexibility index (Phi) is 5.15. The van der Waals surface area contributed by atoms with Crippen molar-refractivity contribution >= 4 is 5.91 Å². The Morgan fingerprint density at radius 3 is 2.82 bits per heavy atom. The van der Waals surface area contributed by atoms with Crippen molar-refractivity contribution in [3.8, 4) is 0 Å². The Bertz CT molecular complexity index is 373. The number of carbonyl (C=O) groups is 1. The van der Waals surface area contributed by atoms with E-state index in [4.69, 9.17) is 0 Å². The fraction of sp³-hybridized carbons (Fsp3) is 0.667. The van der Waals surface area contributed by atoms with Gasteiger partial charge in [0.15, 0.2) is 0 Å². The SMILES string of the molecule is CCCNC(=O)C(C)NCc1cc(C)nn1C. The quantitative estimate of drug-likeness (QED) is 0.768. The van der Waals surface area contributed by atoms with E-state index in [1.807, 2.05) is 38.6 Å². The Morgan fingerprint density at radius 2 is 2.29 bits per heavy atom. The lowest BCUT2D eigenvalue weighted by atomic mass is 10.3. The van der Waals surface area contributed by atoms with Crippen LogP contribution in [0.15, 0.2) is 6.07 Å². The zero-order valence-corrected chi connectivity index (χ0v) is 11.1. The van der Waals surface area contributed by atoms with Gasteiger partial charge in [-0.15, -0.1) is 0 Å². The number of nitrogens with one attached hydrogen (secondary N) is 2. The number of aryl methyl sites for hydroxylation is 2. The highest BCUT2D eigenvalue weighted by atomic mass is 16.2. The van der Waals surface area contributed by atoms with Gasteiger partial charge >= 0.3 is 0 Å². The van der Waals surface area contributed by atoms with Crippen molar-refractivity contribution in [2.24, 2.45) is 7.05 Å². The molecule has 0 fully saturated rings. The van der Waals surface area contributed by atoms with Gasteiger partial charge in [-0.25, -0.2) is 0 Å². The van der Waals surface area contributed by atoms with Crippen molar-refractivity contribution in [1.82, 2.24) is 20.4 Å².